The molecule has 0 spiro atoms. The number of ketones is 1. The summed E-state index contributed by atoms with van der Waals surface area (Å²) in [4.78, 5) is 14.3. The Balaban J connectivity index is 1.50. The molecule has 1 aliphatic heterocycles. The van der Waals surface area contributed by atoms with E-state index in [0.29, 0.717) is 0 Å². The Labute approximate surface area is 254 Å². The standard InChI is InChI=1S/C35H35NO5S2/c1-24-16-18-28(19-17-24)43(40,41)36-23-32-31(21-33(36)27-13-7-4-8-14-27)35(42(38,39)29-15-9-10-25(2)20-29)30(22-34(32)37)26-11-5-3-6-12-26/h3-20,30-33,35H,21-23H2,1-2H3/t30-,31-,32+,33-,35?/m0/s1. The smallest absolute Gasteiger partial charge is 0.243 e. The second kappa shape index (κ2) is 11.5. The summed E-state index contributed by atoms with van der Waals surface area (Å²) in [7, 11) is -7.91. The van der Waals surface area contributed by atoms with E-state index in [9.17, 15) is 21.6 Å². The van der Waals surface area contributed by atoms with Crippen LogP contribution in [0.3, 0.4) is 0 Å². The zero-order valence-electron chi connectivity index (χ0n) is 24.2. The van der Waals surface area contributed by atoms with Crippen LogP contribution in [0.1, 0.15) is 47.1 Å². The second-order valence-electron chi connectivity index (χ2n) is 11.8. The Hall–Kier alpha value is -3.59. The number of rotatable bonds is 6. The quantitative estimate of drug-likeness (QED) is 0.256. The third-order valence-electron chi connectivity index (χ3n) is 9.11. The molecule has 0 bridgehead atoms. The van der Waals surface area contributed by atoms with Crippen molar-refractivity contribution in [1.82, 2.24) is 4.31 Å². The van der Waals surface area contributed by atoms with Gasteiger partial charge in [-0.15, -0.1) is 0 Å². The first-order chi connectivity index (χ1) is 20.6. The van der Waals surface area contributed by atoms with E-state index in [0.717, 1.165) is 22.3 Å². The number of benzene rings is 4. The second-order valence-corrected chi connectivity index (χ2v) is 15.8. The highest BCUT2D eigenvalue weighted by molar-refractivity contribution is 7.92. The number of fused-ring (bicyclic) bond motifs is 1. The number of sulfonamides is 1. The van der Waals surface area contributed by atoms with Gasteiger partial charge in [-0.1, -0.05) is 90.5 Å². The lowest BCUT2D eigenvalue weighted by Crippen LogP contribution is -2.56. The molecule has 1 saturated carbocycles. The highest BCUT2D eigenvalue weighted by Gasteiger charge is 2.55. The van der Waals surface area contributed by atoms with Crippen LogP contribution in [-0.4, -0.2) is 38.7 Å². The molecule has 1 aliphatic carbocycles. The molecule has 2 fully saturated rings. The normalized spacial score (nSPS) is 24.8. The predicted molar refractivity (Wildman–Crippen MR) is 167 cm³/mol. The van der Waals surface area contributed by atoms with Crippen molar-refractivity contribution < 1.29 is 21.6 Å². The van der Waals surface area contributed by atoms with Crippen LogP contribution in [0.4, 0.5) is 0 Å². The van der Waals surface area contributed by atoms with Crippen molar-refractivity contribution in [3.8, 4) is 0 Å². The average molecular weight is 614 g/mol. The van der Waals surface area contributed by atoms with Gasteiger partial charge in [0.25, 0.3) is 0 Å². The van der Waals surface area contributed by atoms with Crippen LogP contribution < -0.4 is 0 Å². The molecular formula is C35H35NO5S2. The van der Waals surface area contributed by atoms with Crippen molar-refractivity contribution in [2.24, 2.45) is 11.8 Å². The molecule has 0 radical (unpaired) electrons. The third-order valence-corrected chi connectivity index (χ3v) is 13.3. The number of hydrogen-bond donors (Lipinski definition) is 0. The molecule has 4 aromatic rings. The summed E-state index contributed by atoms with van der Waals surface area (Å²) in [5.74, 6) is -1.96. The number of carbonyl (C=O) groups is 1. The van der Waals surface area contributed by atoms with E-state index in [4.69, 9.17) is 0 Å². The Bertz CT molecular complexity index is 1840. The maximum atomic E-state index is 14.6. The first-order valence-corrected chi connectivity index (χ1v) is 17.6. The summed E-state index contributed by atoms with van der Waals surface area (Å²) in [6, 6.07) is 31.7. The van der Waals surface area contributed by atoms with Gasteiger partial charge in [-0.2, -0.15) is 4.31 Å². The lowest BCUT2D eigenvalue weighted by atomic mass is 9.66. The highest BCUT2D eigenvalue weighted by Crippen LogP contribution is 2.51. The monoisotopic (exact) mass is 613 g/mol. The van der Waals surface area contributed by atoms with Gasteiger partial charge in [-0.25, -0.2) is 16.8 Å². The molecule has 222 valence electrons. The molecule has 6 nitrogen and oxygen atoms in total. The van der Waals surface area contributed by atoms with E-state index in [-0.39, 0.29) is 35.0 Å². The predicted octanol–water partition coefficient (Wildman–Crippen LogP) is 6.27. The maximum Gasteiger partial charge on any atom is 0.243 e. The molecule has 43 heavy (non-hydrogen) atoms. The number of piperidine rings is 1. The number of aryl methyl sites for hydroxylation is 2. The van der Waals surface area contributed by atoms with E-state index in [1.807, 2.05) is 80.6 Å². The zero-order chi connectivity index (χ0) is 30.4. The van der Waals surface area contributed by atoms with Crippen molar-refractivity contribution in [3.63, 3.8) is 0 Å². The summed E-state index contributed by atoms with van der Waals surface area (Å²) in [5, 5.41) is -0.894. The summed E-state index contributed by atoms with van der Waals surface area (Å²) in [6.07, 6.45) is 0.250. The van der Waals surface area contributed by atoms with E-state index >= 15 is 0 Å². The Morgan fingerprint density at radius 1 is 0.651 bits per heavy atom. The molecule has 8 heteroatoms. The van der Waals surface area contributed by atoms with Gasteiger partial charge in [0.05, 0.1) is 21.1 Å². The van der Waals surface area contributed by atoms with Gasteiger partial charge in [0, 0.05) is 24.8 Å². The summed E-state index contributed by atoms with van der Waals surface area (Å²) >= 11 is 0. The van der Waals surface area contributed by atoms with Crippen LogP contribution in [0.2, 0.25) is 0 Å². The first-order valence-electron chi connectivity index (χ1n) is 14.6. The first kappa shape index (κ1) is 29.5. The molecule has 6 rings (SSSR count). The van der Waals surface area contributed by atoms with Gasteiger partial charge in [-0.3, -0.25) is 4.79 Å². The van der Waals surface area contributed by atoms with Crippen LogP contribution in [0.15, 0.2) is 119 Å². The van der Waals surface area contributed by atoms with Gasteiger partial charge in [0.2, 0.25) is 10.0 Å². The van der Waals surface area contributed by atoms with Gasteiger partial charge in [0.15, 0.2) is 9.84 Å². The number of hydrogen-bond acceptors (Lipinski definition) is 5. The van der Waals surface area contributed by atoms with E-state index in [2.05, 4.69) is 0 Å². The highest BCUT2D eigenvalue weighted by atomic mass is 32.2. The van der Waals surface area contributed by atoms with Gasteiger partial charge in [-0.05, 0) is 67.1 Å². The molecule has 5 atom stereocenters. The van der Waals surface area contributed by atoms with Crippen molar-refractivity contribution in [3.05, 3.63) is 131 Å². The fourth-order valence-electron chi connectivity index (χ4n) is 6.97. The minimum atomic E-state index is -3.99. The van der Waals surface area contributed by atoms with Crippen LogP contribution in [0.25, 0.3) is 0 Å². The van der Waals surface area contributed by atoms with Crippen LogP contribution in [-0.2, 0) is 24.7 Å². The third kappa shape index (κ3) is 5.48. The van der Waals surface area contributed by atoms with Crippen molar-refractivity contribution in [2.45, 2.75) is 53.7 Å². The summed E-state index contributed by atoms with van der Waals surface area (Å²) in [6.45, 7) is 3.69. The molecule has 1 heterocycles. The van der Waals surface area contributed by atoms with Crippen molar-refractivity contribution >= 4 is 25.6 Å². The van der Waals surface area contributed by atoms with Gasteiger partial charge in [0.1, 0.15) is 5.78 Å². The molecule has 0 N–H and O–H groups in total. The van der Waals surface area contributed by atoms with Crippen LogP contribution >= 0.6 is 0 Å². The molecule has 2 aliphatic rings. The number of sulfone groups is 1. The van der Waals surface area contributed by atoms with Crippen LogP contribution in [0.5, 0.6) is 0 Å². The summed E-state index contributed by atoms with van der Waals surface area (Å²) < 4.78 is 59.0. The zero-order valence-corrected chi connectivity index (χ0v) is 25.8. The van der Waals surface area contributed by atoms with E-state index in [1.54, 1.807) is 42.5 Å². The van der Waals surface area contributed by atoms with Crippen molar-refractivity contribution in [1.29, 1.82) is 0 Å². The van der Waals surface area contributed by atoms with Gasteiger partial charge < -0.3 is 0 Å². The molecule has 4 aromatic carbocycles. The fourth-order valence-corrected chi connectivity index (χ4v) is 11.0. The SMILES string of the molecule is Cc1ccc(S(=O)(=O)N2C[C@H]3C(=O)C[C@@H](c4ccccc4)C(S(=O)(=O)c4cccc(C)c4)[C@H]3C[C@H]2c2ccccc2)cc1. The number of carbonyl (C=O) groups excluding carboxylic acids is 1. The minimum absolute atomic E-state index is 0.0370. The van der Waals surface area contributed by atoms with Crippen molar-refractivity contribution in [2.75, 3.05) is 6.54 Å². The molecule has 0 amide bonds. The number of Topliss-reactive ketones (excluding diaryl/α,β-unsaturated/α-hetero) is 1. The Kier molecular flexibility index (Phi) is 7.87. The topological polar surface area (TPSA) is 88.6 Å². The average Bonchev–Trinajstić information content (AvgIpc) is 3.01. The molecule has 1 saturated heterocycles. The molecular weight excluding hydrogens is 579 g/mol. The van der Waals surface area contributed by atoms with E-state index < -0.39 is 48.9 Å². The lowest BCUT2D eigenvalue weighted by Gasteiger charge is -2.49. The van der Waals surface area contributed by atoms with E-state index in [1.165, 1.54) is 4.31 Å². The molecule has 1 unspecified atom stereocenters. The van der Waals surface area contributed by atoms with Crippen LogP contribution in [0, 0.1) is 25.7 Å². The Morgan fingerprint density at radius 3 is 1.91 bits per heavy atom. The Morgan fingerprint density at radius 2 is 1.28 bits per heavy atom. The largest absolute Gasteiger partial charge is 0.299 e. The minimum Gasteiger partial charge on any atom is -0.299 e. The van der Waals surface area contributed by atoms with Gasteiger partial charge >= 0.3 is 0 Å². The lowest BCUT2D eigenvalue weighted by molar-refractivity contribution is -0.129. The summed E-state index contributed by atoms with van der Waals surface area (Å²) in [5.41, 5.74) is 3.36. The number of nitrogens with zero attached hydrogens (tertiary/aromatic N) is 1. The fraction of sp³-hybridized carbons (Fsp3) is 0.286. The molecule has 0 aromatic heterocycles. The maximum absolute atomic E-state index is 14.6.